The highest BCUT2D eigenvalue weighted by atomic mass is 35.5. The number of nitrogens with one attached hydrogen (secondary N) is 1. The molecule has 1 N–H and O–H groups in total. The number of hydrogen-bond donors (Lipinski definition) is 1. The highest BCUT2D eigenvalue weighted by Gasteiger charge is 2.34. The molecule has 2 atom stereocenters. The van der Waals surface area contributed by atoms with E-state index in [0.29, 0.717) is 16.7 Å². The van der Waals surface area contributed by atoms with Crippen LogP contribution in [0.2, 0.25) is 10.0 Å². The van der Waals surface area contributed by atoms with E-state index >= 15 is 0 Å². The molecule has 7 heteroatoms. The summed E-state index contributed by atoms with van der Waals surface area (Å²) in [6.45, 7) is 2.68. The molecule has 0 bridgehead atoms. The van der Waals surface area contributed by atoms with Gasteiger partial charge in [-0.05, 0) is 53.4 Å². The lowest BCUT2D eigenvalue weighted by atomic mass is 10.1. The minimum atomic E-state index is -0.410. The van der Waals surface area contributed by atoms with Gasteiger partial charge in [0, 0.05) is 18.3 Å². The summed E-state index contributed by atoms with van der Waals surface area (Å²) in [5.41, 5.74) is 4.09. The Morgan fingerprint density at radius 3 is 2.48 bits per heavy atom. The standard InChI is InChI=1S/C24H22Cl2N2O2S/c1-2-15-3-7-18(27-14-15)11-12-30-19-8-4-16(5-9-19)23-28-22(24(29)31-23)17-6-10-20(25)21(26)13-17/h3-10,13-14,22-23,28H,2,11-12H2,1H3. The van der Waals surface area contributed by atoms with E-state index in [0.717, 1.165) is 35.4 Å². The van der Waals surface area contributed by atoms with Crippen LogP contribution in [0.25, 0.3) is 0 Å². The molecule has 1 aliphatic rings. The molecule has 31 heavy (non-hydrogen) atoms. The Labute approximate surface area is 196 Å². The van der Waals surface area contributed by atoms with Crippen LogP contribution in [-0.2, 0) is 17.6 Å². The third-order valence-electron chi connectivity index (χ3n) is 5.17. The van der Waals surface area contributed by atoms with Crippen LogP contribution in [0.5, 0.6) is 5.75 Å². The predicted octanol–water partition coefficient (Wildman–Crippen LogP) is 6.18. The Kier molecular flexibility index (Phi) is 7.18. The van der Waals surface area contributed by atoms with E-state index in [1.54, 1.807) is 12.1 Å². The lowest BCUT2D eigenvalue weighted by Gasteiger charge is -2.14. The number of halogens is 2. The van der Waals surface area contributed by atoms with Crippen molar-refractivity contribution in [2.24, 2.45) is 0 Å². The summed E-state index contributed by atoms with van der Waals surface area (Å²) < 4.78 is 5.86. The largest absolute Gasteiger partial charge is 0.493 e. The smallest absolute Gasteiger partial charge is 0.212 e. The number of nitrogens with zero attached hydrogens (tertiary/aromatic N) is 1. The number of thioether (sulfide) groups is 1. The van der Waals surface area contributed by atoms with E-state index in [1.165, 1.54) is 17.3 Å². The lowest BCUT2D eigenvalue weighted by Crippen LogP contribution is -2.20. The summed E-state index contributed by atoms with van der Waals surface area (Å²) in [6, 6.07) is 16.9. The summed E-state index contributed by atoms with van der Waals surface area (Å²) in [5, 5.41) is 4.23. The average Bonchev–Trinajstić information content (AvgIpc) is 3.18. The van der Waals surface area contributed by atoms with Crippen molar-refractivity contribution in [2.45, 2.75) is 31.2 Å². The van der Waals surface area contributed by atoms with Gasteiger partial charge >= 0.3 is 0 Å². The van der Waals surface area contributed by atoms with Crippen LogP contribution in [0.1, 0.15) is 40.7 Å². The number of aryl methyl sites for hydroxylation is 1. The van der Waals surface area contributed by atoms with Crippen LogP contribution in [0.15, 0.2) is 60.8 Å². The molecule has 2 aromatic carbocycles. The molecule has 3 aromatic rings. The van der Waals surface area contributed by atoms with Crippen molar-refractivity contribution in [3.8, 4) is 5.75 Å². The van der Waals surface area contributed by atoms with Crippen LogP contribution in [0, 0.1) is 0 Å². The number of aromatic nitrogens is 1. The fraction of sp³-hybridized carbons (Fsp3) is 0.250. The molecule has 0 saturated carbocycles. The van der Waals surface area contributed by atoms with E-state index in [-0.39, 0.29) is 10.5 Å². The normalized spacial score (nSPS) is 18.4. The van der Waals surface area contributed by atoms with Gasteiger partial charge in [-0.2, -0.15) is 0 Å². The summed E-state index contributed by atoms with van der Waals surface area (Å²) in [7, 11) is 0. The quantitative estimate of drug-likeness (QED) is 0.445. The third-order valence-corrected chi connectivity index (χ3v) is 7.02. The first kappa shape index (κ1) is 22.2. The van der Waals surface area contributed by atoms with Gasteiger partial charge in [-0.25, -0.2) is 0 Å². The highest BCUT2D eigenvalue weighted by Crippen LogP contribution is 2.41. The zero-order valence-corrected chi connectivity index (χ0v) is 19.3. The predicted molar refractivity (Wildman–Crippen MR) is 127 cm³/mol. The molecule has 2 heterocycles. The summed E-state index contributed by atoms with van der Waals surface area (Å²) in [5.74, 6) is 0.796. The molecule has 1 saturated heterocycles. The van der Waals surface area contributed by atoms with Crippen molar-refractivity contribution in [2.75, 3.05) is 6.61 Å². The van der Waals surface area contributed by atoms with Gasteiger partial charge < -0.3 is 4.74 Å². The molecule has 0 amide bonds. The maximum absolute atomic E-state index is 12.5. The minimum absolute atomic E-state index is 0.0605. The van der Waals surface area contributed by atoms with Gasteiger partial charge in [-0.3, -0.25) is 15.1 Å². The van der Waals surface area contributed by atoms with Gasteiger partial charge in [0.05, 0.1) is 22.0 Å². The number of ether oxygens (including phenoxy) is 1. The van der Waals surface area contributed by atoms with E-state index < -0.39 is 6.04 Å². The first-order valence-electron chi connectivity index (χ1n) is 10.1. The van der Waals surface area contributed by atoms with Gasteiger partial charge in [0.25, 0.3) is 0 Å². The van der Waals surface area contributed by atoms with Crippen LogP contribution < -0.4 is 10.1 Å². The fourth-order valence-electron chi connectivity index (χ4n) is 3.35. The van der Waals surface area contributed by atoms with Gasteiger partial charge in [0.2, 0.25) is 5.12 Å². The molecule has 2 unspecified atom stereocenters. The van der Waals surface area contributed by atoms with Crippen LogP contribution in [-0.4, -0.2) is 16.7 Å². The van der Waals surface area contributed by atoms with Gasteiger partial charge in [0.15, 0.2) is 0 Å². The Morgan fingerprint density at radius 2 is 1.81 bits per heavy atom. The highest BCUT2D eigenvalue weighted by molar-refractivity contribution is 8.14. The second-order valence-electron chi connectivity index (χ2n) is 7.27. The molecular weight excluding hydrogens is 451 g/mol. The number of hydrogen-bond acceptors (Lipinski definition) is 5. The topological polar surface area (TPSA) is 51.2 Å². The van der Waals surface area contributed by atoms with Crippen LogP contribution in [0.4, 0.5) is 0 Å². The molecule has 4 nitrogen and oxygen atoms in total. The van der Waals surface area contributed by atoms with Crippen LogP contribution >= 0.6 is 35.0 Å². The fourth-order valence-corrected chi connectivity index (χ4v) is 4.73. The number of rotatable bonds is 7. The summed E-state index contributed by atoms with van der Waals surface area (Å²) >= 11 is 13.4. The summed E-state index contributed by atoms with van der Waals surface area (Å²) in [6.07, 6.45) is 3.67. The maximum atomic E-state index is 12.5. The first-order chi connectivity index (χ1) is 15.0. The lowest BCUT2D eigenvalue weighted by molar-refractivity contribution is -0.112. The van der Waals surface area contributed by atoms with E-state index in [1.807, 2.05) is 36.5 Å². The zero-order chi connectivity index (χ0) is 21.8. The van der Waals surface area contributed by atoms with E-state index in [2.05, 4.69) is 29.4 Å². The van der Waals surface area contributed by atoms with Crippen molar-refractivity contribution in [1.29, 1.82) is 0 Å². The minimum Gasteiger partial charge on any atom is -0.493 e. The Bertz CT molecular complexity index is 1060. The van der Waals surface area contributed by atoms with Crippen molar-refractivity contribution in [3.63, 3.8) is 0 Å². The monoisotopic (exact) mass is 472 g/mol. The van der Waals surface area contributed by atoms with Crippen molar-refractivity contribution in [3.05, 3.63) is 93.2 Å². The van der Waals surface area contributed by atoms with Gasteiger partial charge in [0.1, 0.15) is 11.8 Å². The number of benzene rings is 2. The second kappa shape index (κ2) is 10.0. The third kappa shape index (κ3) is 5.42. The number of carbonyl (C=O) groups excluding carboxylic acids is 1. The SMILES string of the molecule is CCc1ccc(CCOc2ccc(C3NC(c4ccc(Cl)c(Cl)c4)C(=O)S3)cc2)nc1. The molecule has 1 aromatic heterocycles. The van der Waals surface area contributed by atoms with Crippen molar-refractivity contribution < 1.29 is 9.53 Å². The van der Waals surface area contributed by atoms with Crippen LogP contribution in [0.3, 0.4) is 0 Å². The van der Waals surface area contributed by atoms with Gasteiger partial charge in [-0.1, -0.05) is 66.2 Å². The molecule has 4 rings (SSSR count). The average molecular weight is 473 g/mol. The Morgan fingerprint density at radius 1 is 1.03 bits per heavy atom. The summed E-state index contributed by atoms with van der Waals surface area (Å²) in [4.78, 5) is 17.0. The van der Waals surface area contributed by atoms with E-state index in [4.69, 9.17) is 27.9 Å². The van der Waals surface area contributed by atoms with Crippen molar-refractivity contribution >= 4 is 40.1 Å². The molecule has 0 aliphatic carbocycles. The zero-order valence-electron chi connectivity index (χ0n) is 17.0. The second-order valence-corrected chi connectivity index (χ2v) is 9.19. The molecule has 1 aliphatic heterocycles. The molecule has 0 spiro atoms. The molecule has 1 fully saturated rings. The van der Waals surface area contributed by atoms with E-state index in [9.17, 15) is 4.79 Å². The van der Waals surface area contributed by atoms with Crippen molar-refractivity contribution in [1.82, 2.24) is 10.3 Å². The number of carbonyl (C=O) groups is 1. The molecule has 0 radical (unpaired) electrons. The number of pyridine rings is 1. The maximum Gasteiger partial charge on any atom is 0.212 e. The van der Waals surface area contributed by atoms with Gasteiger partial charge in [-0.15, -0.1) is 0 Å². The molecular formula is C24H22Cl2N2O2S. The first-order valence-corrected chi connectivity index (χ1v) is 11.7. The molecule has 160 valence electrons. The Balaban J connectivity index is 1.33. The Hall–Kier alpha value is -2.05.